The van der Waals surface area contributed by atoms with Crippen LogP contribution in [0.15, 0.2) is 24.3 Å². The van der Waals surface area contributed by atoms with Crippen LogP contribution in [0.4, 0.5) is 5.69 Å². The van der Waals surface area contributed by atoms with E-state index >= 15 is 0 Å². The zero-order valence-electron chi connectivity index (χ0n) is 16.5. The molecule has 2 fully saturated rings. The van der Waals surface area contributed by atoms with E-state index in [0.717, 1.165) is 57.7 Å². The first-order valence-corrected chi connectivity index (χ1v) is 9.70. The lowest BCUT2D eigenvalue weighted by atomic mass is 9.92. The largest absolute Gasteiger partial charge is 0.369 e. The standard InChI is InChI=1S/C20H32N4O.2ClH/c1-3-22-10-12-23(13-11-22)18-6-4-17(5-7-18)20(25)24-9-8-16(2)14-19(24)15-21;;/h4-7,16,19H,3,8-15,21H2,1-2H3;2*1H. The third kappa shape index (κ3) is 5.74. The zero-order chi connectivity index (χ0) is 17.8. The number of likely N-dealkylation sites (N-methyl/N-ethyl adjacent to an activating group) is 1. The Labute approximate surface area is 176 Å². The highest BCUT2D eigenvalue weighted by Crippen LogP contribution is 2.24. The van der Waals surface area contributed by atoms with Gasteiger partial charge in [0.1, 0.15) is 0 Å². The molecule has 2 heterocycles. The summed E-state index contributed by atoms with van der Waals surface area (Å²) >= 11 is 0. The van der Waals surface area contributed by atoms with Gasteiger partial charge in [-0.15, -0.1) is 24.8 Å². The number of hydrogen-bond donors (Lipinski definition) is 1. The smallest absolute Gasteiger partial charge is 0.254 e. The number of likely N-dealkylation sites (tertiary alicyclic amines) is 1. The molecule has 0 aliphatic carbocycles. The second-order valence-electron chi connectivity index (χ2n) is 7.49. The maximum Gasteiger partial charge on any atom is 0.254 e. The molecule has 2 atom stereocenters. The Morgan fingerprint density at radius 2 is 1.70 bits per heavy atom. The van der Waals surface area contributed by atoms with Gasteiger partial charge < -0.3 is 20.4 Å². The number of rotatable bonds is 4. The molecule has 2 unspecified atom stereocenters. The maximum atomic E-state index is 12.9. The van der Waals surface area contributed by atoms with Crippen LogP contribution in [0.2, 0.25) is 0 Å². The van der Waals surface area contributed by atoms with Crippen LogP contribution in [0, 0.1) is 5.92 Å². The molecule has 0 bridgehead atoms. The summed E-state index contributed by atoms with van der Waals surface area (Å²) in [6, 6.07) is 8.33. The van der Waals surface area contributed by atoms with Crippen LogP contribution in [0.3, 0.4) is 0 Å². The minimum atomic E-state index is 0. The average Bonchev–Trinajstić information content (AvgIpc) is 2.67. The van der Waals surface area contributed by atoms with Crippen LogP contribution < -0.4 is 10.6 Å². The number of nitrogens with two attached hydrogens (primary N) is 1. The average molecular weight is 417 g/mol. The topological polar surface area (TPSA) is 52.8 Å². The number of amides is 1. The van der Waals surface area contributed by atoms with Crippen molar-refractivity contribution < 1.29 is 4.79 Å². The highest BCUT2D eigenvalue weighted by Gasteiger charge is 2.29. The number of hydrogen-bond acceptors (Lipinski definition) is 4. The molecule has 0 spiro atoms. The van der Waals surface area contributed by atoms with Crippen molar-refractivity contribution in [2.24, 2.45) is 11.7 Å². The van der Waals surface area contributed by atoms with Crippen molar-refractivity contribution in [3.05, 3.63) is 29.8 Å². The molecule has 0 aromatic heterocycles. The lowest BCUT2D eigenvalue weighted by Crippen LogP contribution is -2.49. The normalized spacial score (nSPS) is 23.4. The third-order valence-corrected chi connectivity index (χ3v) is 5.81. The van der Waals surface area contributed by atoms with Crippen LogP contribution in [-0.4, -0.2) is 67.6 Å². The molecule has 2 saturated heterocycles. The van der Waals surface area contributed by atoms with E-state index in [-0.39, 0.29) is 36.8 Å². The molecule has 1 aromatic carbocycles. The number of anilines is 1. The van der Waals surface area contributed by atoms with E-state index in [9.17, 15) is 4.79 Å². The Kier molecular flexibility index (Phi) is 9.88. The summed E-state index contributed by atoms with van der Waals surface area (Å²) in [5.74, 6) is 0.784. The number of piperazine rings is 1. The quantitative estimate of drug-likeness (QED) is 0.819. The molecule has 27 heavy (non-hydrogen) atoms. The van der Waals surface area contributed by atoms with Gasteiger partial charge in [-0.2, -0.15) is 0 Å². The van der Waals surface area contributed by atoms with Gasteiger partial charge in [-0.3, -0.25) is 4.79 Å². The number of carbonyl (C=O) groups excluding carboxylic acids is 1. The fourth-order valence-electron chi connectivity index (χ4n) is 4.05. The van der Waals surface area contributed by atoms with E-state index in [1.165, 1.54) is 5.69 Å². The van der Waals surface area contributed by atoms with Crippen LogP contribution in [0.25, 0.3) is 0 Å². The molecule has 2 N–H and O–H groups in total. The Hall–Kier alpha value is -1.01. The Morgan fingerprint density at radius 1 is 1.07 bits per heavy atom. The van der Waals surface area contributed by atoms with Gasteiger partial charge in [-0.05, 0) is 49.6 Å². The molecule has 3 rings (SSSR count). The molecule has 7 heteroatoms. The van der Waals surface area contributed by atoms with E-state index in [1.807, 2.05) is 17.0 Å². The monoisotopic (exact) mass is 416 g/mol. The molecule has 0 saturated carbocycles. The van der Waals surface area contributed by atoms with Gasteiger partial charge in [0, 0.05) is 56.6 Å². The summed E-state index contributed by atoms with van der Waals surface area (Å²) in [6.45, 7) is 11.3. The molecule has 0 radical (unpaired) electrons. The summed E-state index contributed by atoms with van der Waals surface area (Å²) in [5.41, 5.74) is 7.91. The number of piperidine rings is 1. The second-order valence-corrected chi connectivity index (χ2v) is 7.49. The van der Waals surface area contributed by atoms with Gasteiger partial charge in [0.25, 0.3) is 5.91 Å². The first kappa shape index (κ1) is 24.0. The minimum Gasteiger partial charge on any atom is -0.369 e. The number of benzene rings is 1. The minimum absolute atomic E-state index is 0. The van der Waals surface area contributed by atoms with E-state index in [1.54, 1.807) is 0 Å². The molecular formula is C20H34Cl2N4O. The van der Waals surface area contributed by atoms with Gasteiger partial charge in [0.05, 0.1) is 0 Å². The van der Waals surface area contributed by atoms with Gasteiger partial charge in [0.15, 0.2) is 0 Å². The summed E-state index contributed by atoms with van der Waals surface area (Å²) in [4.78, 5) is 19.8. The molecule has 154 valence electrons. The van der Waals surface area contributed by atoms with E-state index in [2.05, 4.69) is 35.8 Å². The molecule has 2 aliphatic rings. The van der Waals surface area contributed by atoms with Gasteiger partial charge >= 0.3 is 0 Å². The third-order valence-electron chi connectivity index (χ3n) is 5.81. The van der Waals surface area contributed by atoms with Crippen molar-refractivity contribution in [1.29, 1.82) is 0 Å². The van der Waals surface area contributed by atoms with Crippen molar-refractivity contribution in [2.75, 3.05) is 50.7 Å². The maximum absolute atomic E-state index is 12.9. The SMILES string of the molecule is CCN1CCN(c2ccc(C(=O)N3CCC(C)CC3CN)cc2)CC1.Cl.Cl. The van der Waals surface area contributed by atoms with Crippen LogP contribution in [0.1, 0.15) is 37.0 Å². The van der Waals surface area contributed by atoms with Gasteiger partial charge in [0.2, 0.25) is 0 Å². The molecule has 2 aliphatic heterocycles. The van der Waals surface area contributed by atoms with Crippen molar-refractivity contribution in [3.8, 4) is 0 Å². The lowest BCUT2D eigenvalue weighted by Gasteiger charge is -2.38. The van der Waals surface area contributed by atoms with Crippen LogP contribution in [0.5, 0.6) is 0 Å². The Morgan fingerprint density at radius 3 is 2.26 bits per heavy atom. The Balaban J connectivity index is 0.00000182. The highest BCUT2D eigenvalue weighted by atomic mass is 35.5. The van der Waals surface area contributed by atoms with Crippen molar-refractivity contribution in [1.82, 2.24) is 9.80 Å². The van der Waals surface area contributed by atoms with Gasteiger partial charge in [-0.25, -0.2) is 0 Å². The number of nitrogens with zero attached hydrogens (tertiary/aromatic N) is 3. The van der Waals surface area contributed by atoms with Crippen molar-refractivity contribution in [3.63, 3.8) is 0 Å². The molecule has 1 amide bonds. The first-order chi connectivity index (χ1) is 12.1. The zero-order valence-corrected chi connectivity index (χ0v) is 18.1. The molecule has 1 aromatic rings. The predicted molar refractivity (Wildman–Crippen MR) is 118 cm³/mol. The van der Waals surface area contributed by atoms with Gasteiger partial charge in [-0.1, -0.05) is 13.8 Å². The molecular weight excluding hydrogens is 383 g/mol. The predicted octanol–water partition coefficient (Wildman–Crippen LogP) is 2.87. The van der Waals surface area contributed by atoms with E-state index < -0.39 is 0 Å². The summed E-state index contributed by atoms with van der Waals surface area (Å²) < 4.78 is 0. The summed E-state index contributed by atoms with van der Waals surface area (Å²) in [5, 5.41) is 0. The number of halogens is 2. The van der Waals surface area contributed by atoms with Crippen molar-refractivity contribution in [2.45, 2.75) is 32.7 Å². The molecule has 5 nitrogen and oxygen atoms in total. The summed E-state index contributed by atoms with van der Waals surface area (Å²) in [7, 11) is 0. The van der Waals surface area contributed by atoms with Crippen LogP contribution >= 0.6 is 24.8 Å². The van der Waals surface area contributed by atoms with Crippen LogP contribution in [-0.2, 0) is 0 Å². The van der Waals surface area contributed by atoms with E-state index in [4.69, 9.17) is 5.73 Å². The lowest BCUT2D eigenvalue weighted by molar-refractivity contribution is 0.0573. The Bertz CT molecular complexity index is 576. The number of carbonyl (C=O) groups is 1. The second kappa shape index (κ2) is 11.1. The fraction of sp³-hybridized carbons (Fsp3) is 0.650. The summed E-state index contributed by atoms with van der Waals surface area (Å²) in [6.07, 6.45) is 2.09. The van der Waals surface area contributed by atoms with E-state index in [0.29, 0.717) is 12.5 Å². The highest BCUT2D eigenvalue weighted by molar-refractivity contribution is 5.95. The first-order valence-electron chi connectivity index (χ1n) is 9.70. The van der Waals surface area contributed by atoms with Crippen molar-refractivity contribution >= 4 is 36.4 Å². The fourth-order valence-corrected chi connectivity index (χ4v) is 4.05.